The molecule has 2 amide bonds. The number of amides is 2. The summed E-state index contributed by atoms with van der Waals surface area (Å²) in [7, 11) is 0. The molecule has 0 saturated carbocycles. The number of benzene rings is 1. The molecule has 2 aromatic rings. The summed E-state index contributed by atoms with van der Waals surface area (Å²) >= 11 is 3.06. The number of hydrogen-bond acceptors (Lipinski definition) is 5. The zero-order chi connectivity index (χ0) is 16.7. The van der Waals surface area contributed by atoms with E-state index in [1.165, 1.54) is 16.6 Å². The first-order valence-electron chi connectivity index (χ1n) is 7.95. The number of carbonyl (C=O) groups excluding carboxylic acids is 2. The van der Waals surface area contributed by atoms with Crippen LogP contribution in [0.25, 0.3) is 0 Å². The zero-order valence-electron chi connectivity index (χ0n) is 13.2. The molecule has 0 radical (unpaired) electrons. The summed E-state index contributed by atoms with van der Waals surface area (Å²) in [5.74, 6) is 0.874. The van der Waals surface area contributed by atoms with Gasteiger partial charge in [0.1, 0.15) is 0 Å². The average molecular weight is 359 g/mol. The standard InChI is InChI=1S/C17H17N3O2S2/c1-9-2-4-11-14(6-9)24-17(19-11)20-16(22)10-3-5-13-12(7-10)18-15(21)8-23-13/h3,5,7,9H,2,4,6,8H2,1H3,(H,18,21)(H,19,20,22)/t9-/m1/s1. The molecular formula is C17H17N3O2S2. The minimum atomic E-state index is -0.193. The second-order valence-electron chi connectivity index (χ2n) is 6.24. The third kappa shape index (κ3) is 3.06. The maximum absolute atomic E-state index is 12.5. The quantitative estimate of drug-likeness (QED) is 0.860. The molecule has 2 N–H and O–H groups in total. The van der Waals surface area contributed by atoms with E-state index in [0.717, 1.165) is 29.9 Å². The van der Waals surface area contributed by atoms with Crippen molar-refractivity contribution in [1.82, 2.24) is 4.98 Å². The van der Waals surface area contributed by atoms with Crippen molar-refractivity contribution in [2.75, 3.05) is 16.4 Å². The normalized spacial score (nSPS) is 19.2. The summed E-state index contributed by atoms with van der Waals surface area (Å²) in [4.78, 5) is 30.8. The van der Waals surface area contributed by atoms with E-state index in [9.17, 15) is 9.59 Å². The Bertz CT molecular complexity index is 831. The van der Waals surface area contributed by atoms with Gasteiger partial charge in [-0.15, -0.1) is 23.1 Å². The highest BCUT2D eigenvalue weighted by Crippen LogP contribution is 2.34. The predicted octanol–water partition coefficient (Wildman–Crippen LogP) is 3.56. The second kappa shape index (κ2) is 6.22. The number of anilines is 2. The summed E-state index contributed by atoms with van der Waals surface area (Å²) in [6, 6.07) is 5.39. The Hall–Kier alpha value is -1.86. The summed E-state index contributed by atoms with van der Waals surface area (Å²) < 4.78 is 0. The number of nitrogens with one attached hydrogen (secondary N) is 2. The highest BCUT2D eigenvalue weighted by atomic mass is 32.2. The number of nitrogens with zero attached hydrogens (tertiary/aromatic N) is 1. The van der Waals surface area contributed by atoms with Crippen LogP contribution in [0, 0.1) is 5.92 Å². The number of hydrogen-bond donors (Lipinski definition) is 2. The molecule has 2 heterocycles. The van der Waals surface area contributed by atoms with Gasteiger partial charge in [-0.2, -0.15) is 0 Å². The number of aryl methyl sites for hydroxylation is 1. The molecule has 0 fully saturated rings. The second-order valence-corrected chi connectivity index (χ2v) is 8.34. The molecule has 124 valence electrons. The van der Waals surface area contributed by atoms with Gasteiger partial charge >= 0.3 is 0 Å². The van der Waals surface area contributed by atoms with Crippen molar-refractivity contribution < 1.29 is 9.59 Å². The molecule has 0 saturated heterocycles. The van der Waals surface area contributed by atoms with Crippen LogP contribution in [0.1, 0.15) is 34.3 Å². The van der Waals surface area contributed by atoms with Gasteiger partial charge < -0.3 is 5.32 Å². The summed E-state index contributed by atoms with van der Waals surface area (Å²) in [6.07, 6.45) is 3.20. The van der Waals surface area contributed by atoms with E-state index in [-0.39, 0.29) is 11.8 Å². The van der Waals surface area contributed by atoms with Crippen molar-refractivity contribution in [2.45, 2.75) is 31.1 Å². The Morgan fingerprint density at radius 3 is 3.17 bits per heavy atom. The molecule has 2 aliphatic rings. The number of thiazole rings is 1. The maximum Gasteiger partial charge on any atom is 0.257 e. The van der Waals surface area contributed by atoms with Gasteiger partial charge in [0.2, 0.25) is 5.91 Å². The topological polar surface area (TPSA) is 71.1 Å². The number of fused-ring (bicyclic) bond motifs is 2. The highest BCUT2D eigenvalue weighted by molar-refractivity contribution is 8.00. The Balaban J connectivity index is 1.52. The Morgan fingerprint density at radius 2 is 2.29 bits per heavy atom. The van der Waals surface area contributed by atoms with Crippen LogP contribution in [0.3, 0.4) is 0 Å². The number of thioether (sulfide) groups is 1. The molecule has 1 aromatic heterocycles. The monoisotopic (exact) mass is 359 g/mol. The first kappa shape index (κ1) is 15.7. The van der Waals surface area contributed by atoms with E-state index >= 15 is 0 Å². The lowest BCUT2D eigenvalue weighted by Gasteiger charge is -2.16. The van der Waals surface area contributed by atoms with Crippen LogP contribution in [0.2, 0.25) is 0 Å². The molecular weight excluding hydrogens is 342 g/mol. The molecule has 0 spiro atoms. The fourth-order valence-corrected chi connectivity index (χ4v) is 4.94. The van der Waals surface area contributed by atoms with Gasteiger partial charge in [0.05, 0.1) is 17.1 Å². The van der Waals surface area contributed by atoms with Crippen LogP contribution in [-0.4, -0.2) is 22.6 Å². The van der Waals surface area contributed by atoms with Crippen molar-refractivity contribution in [3.05, 3.63) is 34.3 Å². The maximum atomic E-state index is 12.5. The van der Waals surface area contributed by atoms with E-state index in [2.05, 4.69) is 22.5 Å². The fourth-order valence-electron chi connectivity index (χ4n) is 2.99. The lowest BCUT2D eigenvalue weighted by molar-refractivity contribution is -0.113. The lowest BCUT2D eigenvalue weighted by atomic mass is 9.93. The van der Waals surface area contributed by atoms with Crippen molar-refractivity contribution in [3.8, 4) is 0 Å². The molecule has 7 heteroatoms. The van der Waals surface area contributed by atoms with E-state index < -0.39 is 0 Å². The first-order chi connectivity index (χ1) is 11.6. The molecule has 24 heavy (non-hydrogen) atoms. The third-order valence-electron chi connectivity index (χ3n) is 4.28. The Morgan fingerprint density at radius 1 is 1.42 bits per heavy atom. The largest absolute Gasteiger partial charge is 0.324 e. The van der Waals surface area contributed by atoms with E-state index in [0.29, 0.717) is 28.1 Å². The first-order valence-corrected chi connectivity index (χ1v) is 9.75. The minimum absolute atomic E-state index is 0.0354. The number of aromatic nitrogens is 1. The van der Waals surface area contributed by atoms with Crippen molar-refractivity contribution in [3.63, 3.8) is 0 Å². The molecule has 5 nitrogen and oxygen atoms in total. The molecule has 0 bridgehead atoms. The summed E-state index contributed by atoms with van der Waals surface area (Å²) in [5, 5.41) is 6.37. The molecule has 1 aliphatic carbocycles. The van der Waals surface area contributed by atoms with Gasteiger partial charge in [0.15, 0.2) is 5.13 Å². The van der Waals surface area contributed by atoms with Crippen LogP contribution >= 0.6 is 23.1 Å². The Kier molecular flexibility index (Phi) is 4.05. The lowest BCUT2D eigenvalue weighted by Crippen LogP contribution is -2.19. The third-order valence-corrected chi connectivity index (χ3v) is 6.39. The van der Waals surface area contributed by atoms with Crippen LogP contribution in [0.15, 0.2) is 23.1 Å². The molecule has 1 aromatic carbocycles. The average Bonchev–Trinajstić information content (AvgIpc) is 2.95. The molecule has 4 rings (SSSR count). The highest BCUT2D eigenvalue weighted by Gasteiger charge is 2.21. The van der Waals surface area contributed by atoms with Crippen LogP contribution in [-0.2, 0) is 17.6 Å². The fraction of sp³-hybridized carbons (Fsp3) is 0.353. The van der Waals surface area contributed by atoms with Crippen LogP contribution in [0.4, 0.5) is 10.8 Å². The van der Waals surface area contributed by atoms with Crippen molar-refractivity contribution in [1.29, 1.82) is 0 Å². The van der Waals surface area contributed by atoms with Crippen molar-refractivity contribution >= 4 is 45.7 Å². The SMILES string of the molecule is C[C@@H]1CCc2nc(NC(=O)c3ccc4c(c3)NC(=O)CS4)sc2C1. The van der Waals surface area contributed by atoms with Crippen molar-refractivity contribution in [2.24, 2.45) is 5.92 Å². The molecule has 1 aliphatic heterocycles. The van der Waals surface area contributed by atoms with Gasteiger partial charge in [0, 0.05) is 15.3 Å². The molecule has 1 atom stereocenters. The van der Waals surface area contributed by atoms with Gasteiger partial charge in [-0.3, -0.25) is 14.9 Å². The molecule has 0 unspecified atom stereocenters. The number of carbonyl (C=O) groups is 2. The van der Waals surface area contributed by atoms with E-state index in [1.807, 2.05) is 6.07 Å². The van der Waals surface area contributed by atoms with Gasteiger partial charge in [-0.25, -0.2) is 4.98 Å². The van der Waals surface area contributed by atoms with E-state index in [4.69, 9.17) is 0 Å². The smallest absolute Gasteiger partial charge is 0.257 e. The summed E-state index contributed by atoms with van der Waals surface area (Å²) in [5.41, 5.74) is 2.36. The van der Waals surface area contributed by atoms with Gasteiger partial charge in [-0.05, 0) is 43.4 Å². The minimum Gasteiger partial charge on any atom is -0.324 e. The van der Waals surface area contributed by atoms with Crippen LogP contribution in [0.5, 0.6) is 0 Å². The zero-order valence-corrected chi connectivity index (χ0v) is 14.9. The van der Waals surface area contributed by atoms with Crippen LogP contribution < -0.4 is 10.6 Å². The number of rotatable bonds is 2. The van der Waals surface area contributed by atoms with Gasteiger partial charge in [0.25, 0.3) is 5.91 Å². The predicted molar refractivity (Wildman–Crippen MR) is 97.1 cm³/mol. The van der Waals surface area contributed by atoms with E-state index in [1.54, 1.807) is 23.5 Å². The summed E-state index contributed by atoms with van der Waals surface area (Å²) in [6.45, 7) is 2.25. The van der Waals surface area contributed by atoms with Gasteiger partial charge in [-0.1, -0.05) is 6.92 Å². The Labute approximate surface area is 148 Å².